The molecule has 8 heteroatoms. The molecule has 0 saturated heterocycles. The minimum absolute atomic E-state index is 0.00368. The summed E-state index contributed by atoms with van der Waals surface area (Å²) < 4.78 is 5.23. The number of methoxy groups -OCH3 is 1. The predicted octanol–water partition coefficient (Wildman–Crippen LogP) is 3.95. The highest BCUT2D eigenvalue weighted by molar-refractivity contribution is 7.09. The second-order valence-corrected chi connectivity index (χ2v) is 7.75. The van der Waals surface area contributed by atoms with Crippen molar-refractivity contribution in [1.82, 2.24) is 20.2 Å². The van der Waals surface area contributed by atoms with Gasteiger partial charge in [0.05, 0.1) is 13.7 Å². The predicted molar refractivity (Wildman–Crippen MR) is 116 cm³/mol. The molecule has 1 amide bonds. The molecule has 0 aliphatic carbocycles. The first kappa shape index (κ1) is 19.8. The maximum absolute atomic E-state index is 13.2. The largest absolute Gasteiger partial charge is 0.497 e. The Kier molecular flexibility index (Phi) is 5.85. The average molecular weight is 420 g/mol. The molecule has 0 radical (unpaired) electrons. The molecule has 0 aliphatic rings. The number of aryl methyl sites for hydroxylation is 1. The van der Waals surface area contributed by atoms with E-state index in [0.717, 1.165) is 27.4 Å². The van der Waals surface area contributed by atoms with Crippen molar-refractivity contribution in [1.29, 1.82) is 0 Å². The second kappa shape index (κ2) is 8.87. The first-order chi connectivity index (χ1) is 14.6. The van der Waals surface area contributed by atoms with Crippen LogP contribution in [0.1, 0.15) is 10.4 Å². The van der Waals surface area contributed by atoms with Gasteiger partial charge in [-0.05, 0) is 53.4 Å². The number of anilines is 1. The molecular weight excluding hydrogens is 398 g/mol. The number of hydrogen-bond donors (Lipinski definition) is 0. The summed E-state index contributed by atoms with van der Waals surface area (Å²) in [6.45, 7) is 2.46. The van der Waals surface area contributed by atoms with Crippen LogP contribution in [0.25, 0.3) is 11.4 Å². The van der Waals surface area contributed by atoms with Gasteiger partial charge in [0, 0.05) is 16.1 Å². The zero-order valence-electron chi connectivity index (χ0n) is 16.7. The molecule has 30 heavy (non-hydrogen) atoms. The summed E-state index contributed by atoms with van der Waals surface area (Å²) in [7, 11) is 1.62. The van der Waals surface area contributed by atoms with Crippen LogP contribution in [0, 0.1) is 6.92 Å². The number of carbonyl (C=O) groups is 1. The van der Waals surface area contributed by atoms with Gasteiger partial charge in [0.25, 0.3) is 5.91 Å². The standard InChI is InChI=1S/C22H21N5O2S/c1-16-6-3-4-8-20(16)22-23-25-27(24-22)15-21(28)26(14-19-7-5-13-30-19)17-9-11-18(29-2)12-10-17/h3-13H,14-15H2,1-2H3. The molecule has 0 bridgehead atoms. The number of aromatic nitrogens is 4. The fourth-order valence-electron chi connectivity index (χ4n) is 3.09. The quantitative estimate of drug-likeness (QED) is 0.453. The van der Waals surface area contributed by atoms with Gasteiger partial charge in [0.1, 0.15) is 12.3 Å². The second-order valence-electron chi connectivity index (χ2n) is 6.72. The summed E-state index contributed by atoms with van der Waals surface area (Å²) in [4.78, 5) is 17.3. The fraction of sp³-hybridized carbons (Fsp3) is 0.182. The first-order valence-corrected chi connectivity index (χ1v) is 10.3. The highest BCUT2D eigenvalue weighted by Crippen LogP contribution is 2.23. The Hall–Kier alpha value is -3.52. The lowest BCUT2D eigenvalue weighted by Gasteiger charge is -2.22. The molecule has 4 rings (SSSR count). The molecule has 0 spiro atoms. The molecule has 152 valence electrons. The van der Waals surface area contributed by atoms with Crippen molar-refractivity contribution in [3.8, 4) is 17.1 Å². The van der Waals surface area contributed by atoms with Crippen LogP contribution in [-0.2, 0) is 17.9 Å². The van der Waals surface area contributed by atoms with E-state index >= 15 is 0 Å². The van der Waals surface area contributed by atoms with Crippen LogP contribution in [0.4, 0.5) is 5.69 Å². The third-order valence-electron chi connectivity index (χ3n) is 4.69. The molecule has 7 nitrogen and oxygen atoms in total. The Labute approximate surface area is 178 Å². The van der Waals surface area contributed by atoms with Crippen LogP contribution >= 0.6 is 11.3 Å². The Bertz CT molecular complexity index is 1120. The van der Waals surface area contributed by atoms with E-state index in [1.807, 2.05) is 73.0 Å². The Morgan fingerprint density at radius 1 is 1.10 bits per heavy atom. The van der Waals surface area contributed by atoms with Gasteiger partial charge in [0.15, 0.2) is 0 Å². The van der Waals surface area contributed by atoms with Gasteiger partial charge in [-0.1, -0.05) is 30.3 Å². The zero-order chi connectivity index (χ0) is 20.9. The summed E-state index contributed by atoms with van der Waals surface area (Å²) in [6, 6.07) is 19.2. The molecule has 0 fully saturated rings. The molecular formula is C22H21N5O2S. The van der Waals surface area contributed by atoms with Crippen LogP contribution < -0.4 is 9.64 Å². The van der Waals surface area contributed by atoms with Crippen LogP contribution in [-0.4, -0.2) is 33.2 Å². The molecule has 4 aromatic rings. The van der Waals surface area contributed by atoms with Gasteiger partial charge in [-0.25, -0.2) is 0 Å². The summed E-state index contributed by atoms with van der Waals surface area (Å²) in [5.74, 6) is 1.13. The van der Waals surface area contributed by atoms with E-state index in [2.05, 4.69) is 15.4 Å². The van der Waals surface area contributed by atoms with Gasteiger partial charge in [-0.15, -0.1) is 21.5 Å². The molecule has 0 saturated carbocycles. The van der Waals surface area contributed by atoms with E-state index in [9.17, 15) is 4.79 Å². The molecule has 0 atom stereocenters. The molecule has 0 N–H and O–H groups in total. The van der Waals surface area contributed by atoms with Crippen molar-refractivity contribution < 1.29 is 9.53 Å². The minimum Gasteiger partial charge on any atom is -0.497 e. The van der Waals surface area contributed by atoms with Crippen molar-refractivity contribution in [2.45, 2.75) is 20.0 Å². The van der Waals surface area contributed by atoms with E-state index in [0.29, 0.717) is 12.4 Å². The third-order valence-corrected chi connectivity index (χ3v) is 5.56. The van der Waals surface area contributed by atoms with Gasteiger partial charge >= 0.3 is 0 Å². The Morgan fingerprint density at radius 3 is 2.60 bits per heavy atom. The normalized spacial score (nSPS) is 10.7. The minimum atomic E-state index is -0.123. The number of hydrogen-bond acceptors (Lipinski definition) is 6. The van der Waals surface area contributed by atoms with Crippen molar-refractivity contribution >= 4 is 22.9 Å². The summed E-state index contributed by atoms with van der Waals surface area (Å²) in [5, 5.41) is 14.6. The van der Waals surface area contributed by atoms with Crippen LogP contribution in [0.15, 0.2) is 66.0 Å². The van der Waals surface area contributed by atoms with Gasteiger partial charge in [-0.2, -0.15) is 4.80 Å². The van der Waals surface area contributed by atoms with E-state index in [1.165, 1.54) is 4.80 Å². The summed E-state index contributed by atoms with van der Waals surface area (Å²) >= 11 is 1.61. The lowest BCUT2D eigenvalue weighted by molar-refractivity contribution is -0.119. The SMILES string of the molecule is COc1ccc(N(Cc2cccs2)C(=O)Cn2nnc(-c3ccccc3C)n2)cc1. The molecule has 2 aromatic carbocycles. The van der Waals surface area contributed by atoms with E-state index in [-0.39, 0.29) is 12.5 Å². The number of benzene rings is 2. The highest BCUT2D eigenvalue weighted by atomic mass is 32.1. The van der Waals surface area contributed by atoms with Crippen molar-refractivity contribution in [2.24, 2.45) is 0 Å². The van der Waals surface area contributed by atoms with E-state index < -0.39 is 0 Å². The van der Waals surface area contributed by atoms with Crippen molar-refractivity contribution in [3.63, 3.8) is 0 Å². The zero-order valence-corrected chi connectivity index (χ0v) is 17.5. The molecule has 0 unspecified atom stereocenters. The van der Waals surface area contributed by atoms with Crippen LogP contribution in [0.5, 0.6) is 5.75 Å². The van der Waals surface area contributed by atoms with E-state index in [4.69, 9.17) is 4.74 Å². The Balaban J connectivity index is 1.56. The number of carbonyl (C=O) groups excluding carboxylic acids is 1. The summed E-state index contributed by atoms with van der Waals surface area (Å²) in [6.07, 6.45) is 0. The van der Waals surface area contributed by atoms with Gasteiger partial charge in [-0.3, -0.25) is 4.79 Å². The lowest BCUT2D eigenvalue weighted by Crippen LogP contribution is -2.33. The molecule has 2 heterocycles. The summed E-state index contributed by atoms with van der Waals surface area (Å²) in [5.41, 5.74) is 2.75. The number of rotatable bonds is 7. The maximum atomic E-state index is 13.2. The fourth-order valence-corrected chi connectivity index (χ4v) is 3.78. The Morgan fingerprint density at radius 2 is 1.90 bits per heavy atom. The van der Waals surface area contributed by atoms with Crippen molar-refractivity contribution in [2.75, 3.05) is 12.0 Å². The van der Waals surface area contributed by atoms with Crippen LogP contribution in [0.3, 0.4) is 0 Å². The average Bonchev–Trinajstić information content (AvgIpc) is 3.44. The number of nitrogens with zero attached hydrogens (tertiary/aromatic N) is 5. The van der Waals surface area contributed by atoms with Gasteiger partial charge in [0.2, 0.25) is 5.82 Å². The number of thiophene rings is 1. The third kappa shape index (κ3) is 4.38. The number of tetrazole rings is 1. The van der Waals surface area contributed by atoms with Crippen molar-refractivity contribution in [3.05, 3.63) is 76.5 Å². The van der Waals surface area contributed by atoms with Crippen LogP contribution in [0.2, 0.25) is 0 Å². The number of amides is 1. The van der Waals surface area contributed by atoms with Gasteiger partial charge < -0.3 is 9.64 Å². The highest BCUT2D eigenvalue weighted by Gasteiger charge is 2.19. The topological polar surface area (TPSA) is 73.1 Å². The lowest BCUT2D eigenvalue weighted by atomic mass is 10.1. The number of ether oxygens (including phenoxy) is 1. The smallest absolute Gasteiger partial charge is 0.250 e. The monoisotopic (exact) mass is 419 g/mol. The molecule has 2 aromatic heterocycles. The maximum Gasteiger partial charge on any atom is 0.250 e. The van der Waals surface area contributed by atoms with E-state index in [1.54, 1.807) is 23.3 Å². The first-order valence-electron chi connectivity index (χ1n) is 9.44. The molecule has 0 aliphatic heterocycles.